The van der Waals surface area contributed by atoms with Gasteiger partial charge in [-0.25, -0.2) is 4.39 Å². The third-order valence-corrected chi connectivity index (χ3v) is 5.67. The number of ether oxygens (including phenoxy) is 1. The van der Waals surface area contributed by atoms with E-state index in [4.69, 9.17) is 4.74 Å². The molecule has 1 N–H and O–H groups in total. The average molecular weight is 379 g/mol. The molecule has 1 atom stereocenters. The second-order valence-corrected chi connectivity index (χ2v) is 7.25. The zero-order valence-corrected chi connectivity index (χ0v) is 15.4. The molecule has 1 amide bonds. The van der Waals surface area contributed by atoms with Gasteiger partial charge in [0.2, 0.25) is 5.91 Å². The first-order chi connectivity index (χ1) is 13.2. The van der Waals surface area contributed by atoms with E-state index in [0.717, 1.165) is 33.0 Å². The maximum atomic E-state index is 13.7. The first-order valence-corrected chi connectivity index (χ1v) is 9.55. The SMILES string of the molecule is C=CCOc1ccccc1[C@H]1CC(=O)Nc2c(-c3cccc(F)c3)csc21. The van der Waals surface area contributed by atoms with Gasteiger partial charge in [-0.1, -0.05) is 43.0 Å². The van der Waals surface area contributed by atoms with E-state index in [-0.39, 0.29) is 17.6 Å². The minimum atomic E-state index is -0.297. The molecular formula is C22H18FNO2S. The van der Waals surface area contributed by atoms with Crippen molar-refractivity contribution in [2.75, 3.05) is 11.9 Å². The van der Waals surface area contributed by atoms with E-state index in [0.29, 0.717) is 13.0 Å². The van der Waals surface area contributed by atoms with Crippen molar-refractivity contribution in [2.45, 2.75) is 12.3 Å². The summed E-state index contributed by atoms with van der Waals surface area (Å²) in [6.07, 6.45) is 2.05. The number of halogens is 1. The Morgan fingerprint density at radius 1 is 1.26 bits per heavy atom. The molecule has 0 spiro atoms. The summed E-state index contributed by atoms with van der Waals surface area (Å²) in [4.78, 5) is 13.5. The van der Waals surface area contributed by atoms with Crippen molar-refractivity contribution in [1.29, 1.82) is 0 Å². The van der Waals surface area contributed by atoms with Crippen LogP contribution in [0.2, 0.25) is 0 Å². The predicted octanol–water partition coefficient (Wildman–Crippen LogP) is 5.59. The van der Waals surface area contributed by atoms with Crippen LogP contribution in [0.3, 0.4) is 0 Å². The van der Waals surface area contributed by atoms with E-state index < -0.39 is 0 Å². The molecule has 1 aliphatic rings. The second-order valence-electron chi connectivity index (χ2n) is 6.34. The summed E-state index contributed by atoms with van der Waals surface area (Å²) in [7, 11) is 0. The predicted molar refractivity (Wildman–Crippen MR) is 107 cm³/mol. The normalized spacial score (nSPS) is 15.7. The summed E-state index contributed by atoms with van der Waals surface area (Å²) < 4.78 is 19.5. The summed E-state index contributed by atoms with van der Waals surface area (Å²) in [5.41, 5.74) is 3.34. The van der Waals surface area contributed by atoms with Crippen molar-refractivity contribution in [3.63, 3.8) is 0 Å². The van der Waals surface area contributed by atoms with Gasteiger partial charge in [-0.3, -0.25) is 4.79 Å². The molecule has 0 saturated heterocycles. The lowest BCUT2D eigenvalue weighted by molar-refractivity contribution is -0.116. The maximum Gasteiger partial charge on any atom is 0.225 e. The number of rotatable bonds is 5. The van der Waals surface area contributed by atoms with Crippen LogP contribution >= 0.6 is 11.3 Å². The highest BCUT2D eigenvalue weighted by atomic mass is 32.1. The maximum absolute atomic E-state index is 13.7. The number of carbonyl (C=O) groups is 1. The molecule has 27 heavy (non-hydrogen) atoms. The minimum absolute atomic E-state index is 0.0536. The topological polar surface area (TPSA) is 38.3 Å². The molecule has 4 rings (SSSR count). The van der Waals surface area contributed by atoms with E-state index in [9.17, 15) is 9.18 Å². The van der Waals surface area contributed by atoms with Crippen molar-refractivity contribution in [3.8, 4) is 16.9 Å². The van der Waals surface area contributed by atoms with Crippen molar-refractivity contribution in [3.05, 3.63) is 82.8 Å². The highest BCUT2D eigenvalue weighted by molar-refractivity contribution is 7.11. The Balaban J connectivity index is 1.79. The van der Waals surface area contributed by atoms with Gasteiger partial charge >= 0.3 is 0 Å². The van der Waals surface area contributed by atoms with Crippen LogP contribution in [0.25, 0.3) is 11.1 Å². The summed E-state index contributed by atoms with van der Waals surface area (Å²) in [6, 6.07) is 14.2. The molecule has 3 nitrogen and oxygen atoms in total. The molecule has 0 fully saturated rings. The van der Waals surface area contributed by atoms with Gasteiger partial charge < -0.3 is 10.1 Å². The summed E-state index contributed by atoms with van der Waals surface area (Å²) >= 11 is 1.58. The number of amides is 1. The van der Waals surface area contributed by atoms with Crippen molar-refractivity contribution < 1.29 is 13.9 Å². The Bertz CT molecular complexity index is 1010. The molecule has 0 unspecified atom stereocenters. The molecule has 136 valence electrons. The molecule has 5 heteroatoms. The molecule has 1 aliphatic heterocycles. The molecular weight excluding hydrogens is 361 g/mol. The van der Waals surface area contributed by atoms with Crippen molar-refractivity contribution >= 4 is 22.9 Å². The fraction of sp³-hybridized carbons (Fsp3) is 0.136. The number of anilines is 1. The van der Waals surface area contributed by atoms with Gasteiger partial charge in [0.05, 0.1) is 5.69 Å². The van der Waals surface area contributed by atoms with Crippen LogP contribution in [0.5, 0.6) is 5.75 Å². The summed E-state index contributed by atoms with van der Waals surface area (Å²) in [5.74, 6) is 0.308. The van der Waals surface area contributed by atoms with Crippen molar-refractivity contribution in [2.24, 2.45) is 0 Å². The summed E-state index contributed by atoms with van der Waals surface area (Å²) in [5, 5.41) is 4.96. The Morgan fingerprint density at radius 2 is 2.11 bits per heavy atom. The lowest BCUT2D eigenvalue weighted by Crippen LogP contribution is -2.22. The zero-order chi connectivity index (χ0) is 18.8. The third-order valence-electron chi connectivity index (χ3n) is 4.58. The van der Waals surface area contributed by atoms with E-state index >= 15 is 0 Å². The van der Waals surface area contributed by atoms with Gasteiger partial charge in [0, 0.05) is 33.7 Å². The van der Waals surface area contributed by atoms with Gasteiger partial charge in [0.25, 0.3) is 0 Å². The number of benzene rings is 2. The summed E-state index contributed by atoms with van der Waals surface area (Å²) in [6.45, 7) is 4.10. The molecule has 2 heterocycles. The number of nitrogens with one attached hydrogen (secondary N) is 1. The largest absolute Gasteiger partial charge is 0.489 e. The van der Waals surface area contributed by atoms with Crippen LogP contribution in [-0.4, -0.2) is 12.5 Å². The molecule has 0 saturated carbocycles. The lowest BCUT2D eigenvalue weighted by Gasteiger charge is -2.25. The first kappa shape index (κ1) is 17.5. The zero-order valence-electron chi connectivity index (χ0n) is 14.6. The molecule has 0 radical (unpaired) electrons. The third kappa shape index (κ3) is 3.38. The quantitative estimate of drug-likeness (QED) is 0.587. The number of thiophene rings is 1. The molecule has 1 aromatic heterocycles. The fourth-order valence-corrected chi connectivity index (χ4v) is 4.55. The van der Waals surface area contributed by atoms with E-state index in [2.05, 4.69) is 11.9 Å². The van der Waals surface area contributed by atoms with Crippen LogP contribution in [0.1, 0.15) is 22.8 Å². The molecule has 0 bridgehead atoms. The van der Waals surface area contributed by atoms with Gasteiger partial charge in [0.1, 0.15) is 18.2 Å². The molecule has 0 aliphatic carbocycles. The highest BCUT2D eigenvalue weighted by Crippen LogP contribution is 2.48. The van der Waals surface area contributed by atoms with E-state index in [1.165, 1.54) is 12.1 Å². The van der Waals surface area contributed by atoms with E-state index in [1.54, 1.807) is 23.5 Å². The van der Waals surface area contributed by atoms with Crippen LogP contribution in [0, 0.1) is 5.82 Å². The average Bonchev–Trinajstić information content (AvgIpc) is 3.09. The van der Waals surface area contributed by atoms with E-state index in [1.807, 2.05) is 35.7 Å². The number of fused-ring (bicyclic) bond motifs is 1. The monoisotopic (exact) mass is 379 g/mol. The lowest BCUT2D eigenvalue weighted by atomic mass is 9.88. The van der Waals surface area contributed by atoms with Crippen molar-refractivity contribution in [1.82, 2.24) is 0 Å². The van der Waals surface area contributed by atoms with Crippen LogP contribution < -0.4 is 10.1 Å². The Labute approximate surface area is 161 Å². The highest BCUT2D eigenvalue weighted by Gasteiger charge is 2.32. The standard InChI is InChI=1S/C22H18FNO2S/c1-2-10-26-19-9-4-3-8-16(19)17-12-20(25)24-21-18(13-27-22(17)21)14-6-5-7-15(23)11-14/h2-9,11,13,17H,1,10,12H2,(H,24,25)/t17-/m1/s1. The van der Waals surface area contributed by atoms with Crippen LogP contribution in [-0.2, 0) is 4.79 Å². The number of carbonyl (C=O) groups excluding carboxylic acids is 1. The van der Waals surface area contributed by atoms with Crippen LogP contribution in [0.4, 0.5) is 10.1 Å². The second kappa shape index (κ2) is 7.37. The van der Waals surface area contributed by atoms with Gasteiger partial charge in [-0.05, 0) is 23.8 Å². The van der Waals surface area contributed by atoms with Gasteiger partial charge in [-0.15, -0.1) is 11.3 Å². The van der Waals surface area contributed by atoms with Gasteiger partial charge in [0.15, 0.2) is 0 Å². The number of hydrogen-bond donors (Lipinski definition) is 1. The first-order valence-electron chi connectivity index (χ1n) is 8.67. The number of para-hydroxylation sites is 1. The Morgan fingerprint density at radius 3 is 2.93 bits per heavy atom. The van der Waals surface area contributed by atoms with Gasteiger partial charge in [-0.2, -0.15) is 0 Å². The smallest absolute Gasteiger partial charge is 0.225 e. The minimum Gasteiger partial charge on any atom is -0.489 e. The van der Waals surface area contributed by atoms with Crippen LogP contribution in [0.15, 0.2) is 66.6 Å². The molecule has 3 aromatic rings. The Kier molecular flexibility index (Phi) is 4.77. The fourth-order valence-electron chi connectivity index (χ4n) is 3.39. The molecule has 2 aromatic carbocycles. The number of hydrogen-bond acceptors (Lipinski definition) is 3. The Hall–Kier alpha value is -2.92.